The molecule has 0 amide bonds. The standard InChI is InChI=1S/C85H82Cl3N3O18/c1-84(2)101-53-68(109-84)71-74(106-80-76(99-50-59-35-19-8-20-36-59)73(97-48-57-31-15-6-16-32-57)70(104-80)67(51-94-45-54-25-9-3-10-26-54)102-79(93)65-44-42-61-38-22-24-40-63(61)91-65)77(82(105-71)108-83(89)85(86,87)88)107-81-75(98-49-58-33-17-7-18-34-58)72(96-47-56-29-13-5-14-30-56)69(103-81)66(95-46-55-27-11-4-12-28-55)52-100-78(92)64-43-41-60-37-21-23-39-62(60)90-64/h3-44,66-77,80-82,89H,45-53H2,1-2H3/t66-,67-,68-,69-,70-,71-,72-,73-,74-,75+,76+,77+,80?,81+,82-/m0/s1. The maximum absolute atomic E-state index is 14.9. The number of para-hydroxylation sites is 2. The van der Waals surface area contributed by atoms with Crippen LogP contribution >= 0.6 is 34.8 Å². The van der Waals surface area contributed by atoms with E-state index in [0.717, 1.165) is 44.2 Å². The van der Waals surface area contributed by atoms with E-state index in [2.05, 4.69) is 4.98 Å². The van der Waals surface area contributed by atoms with Gasteiger partial charge in [-0.3, -0.25) is 5.41 Å². The van der Waals surface area contributed by atoms with Crippen molar-refractivity contribution >= 4 is 74.4 Å². The quantitative estimate of drug-likeness (QED) is 0.0179. The number of ether oxygens (including phenoxy) is 16. The van der Waals surface area contributed by atoms with Gasteiger partial charge in [0.2, 0.25) is 12.2 Å². The lowest BCUT2D eigenvalue weighted by atomic mass is 10.0. The van der Waals surface area contributed by atoms with E-state index < -0.39 is 120 Å². The zero-order valence-corrected chi connectivity index (χ0v) is 61.9. The van der Waals surface area contributed by atoms with Crippen LogP contribution in [0.1, 0.15) is 68.2 Å². The molecule has 6 heterocycles. The molecule has 8 aromatic carbocycles. The Kier molecular flexibility index (Phi) is 25.8. The summed E-state index contributed by atoms with van der Waals surface area (Å²) in [6.45, 7) is 3.02. The molecular formula is C85H82Cl3N3O18. The van der Waals surface area contributed by atoms with Crippen LogP contribution in [-0.4, -0.2) is 149 Å². The molecule has 109 heavy (non-hydrogen) atoms. The van der Waals surface area contributed by atoms with Crippen molar-refractivity contribution in [3.8, 4) is 0 Å². The van der Waals surface area contributed by atoms with Gasteiger partial charge in [-0.2, -0.15) is 0 Å². The average molecular weight is 1540 g/mol. The first-order valence-electron chi connectivity index (χ1n) is 36.0. The van der Waals surface area contributed by atoms with E-state index in [1.165, 1.54) is 0 Å². The lowest BCUT2D eigenvalue weighted by molar-refractivity contribution is -0.270. The van der Waals surface area contributed by atoms with Crippen molar-refractivity contribution in [2.24, 2.45) is 0 Å². The lowest BCUT2D eigenvalue weighted by Crippen LogP contribution is -2.50. The minimum absolute atomic E-state index is 0.00323. The number of benzene rings is 8. The van der Waals surface area contributed by atoms with Crippen LogP contribution in [0.3, 0.4) is 0 Å². The zero-order chi connectivity index (χ0) is 75.1. The fourth-order valence-electron chi connectivity index (χ4n) is 13.5. The summed E-state index contributed by atoms with van der Waals surface area (Å²) in [5.41, 5.74) is 6.08. The third kappa shape index (κ3) is 20.1. The molecule has 4 aliphatic rings. The topological polar surface area (TPSA) is 231 Å². The molecule has 0 radical (unpaired) electrons. The van der Waals surface area contributed by atoms with E-state index >= 15 is 0 Å². The SMILES string of the molecule is CC1(C)OC[C@@H]([C@@H]2O[C@@H](OC(=N)C(Cl)(Cl)Cl)[C@H](O[C@H]3O[C@@H]([C@H](COC(=O)c4ccc5ccccc5n4)OCc4ccccc4)[C@H](OCc4ccccc4)[C@H]3OCc3ccccc3)[C@H]2OC2O[C@@H]([C@H](COCc3ccccc3)OC(=O)c3ccc4ccccc4n3)[C@H](OCc3ccccc3)[C@H]2OCc2ccccc2)O1. The van der Waals surface area contributed by atoms with Gasteiger partial charge in [-0.1, -0.05) is 265 Å². The number of carbonyl (C=O) groups is 2. The highest BCUT2D eigenvalue weighted by Crippen LogP contribution is 2.44. The van der Waals surface area contributed by atoms with Crippen molar-refractivity contribution in [1.82, 2.24) is 9.97 Å². The fraction of sp³-hybridized carbons (Fsp3) is 0.329. The van der Waals surface area contributed by atoms with Crippen LogP contribution in [0.25, 0.3) is 21.8 Å². The van der Waals surface area contributed by atoms with E-state index in [0.29, 0.717) is 11.0 Å². The van der Waals surface area contributed by atoms with E-state index in [9.17, 15) is 15.0 Å². The number of halogens is 3. The molecular weight excluding hydrogens is 1460 g/mol. The summed E-state index contributed by atoms with van der Waals surface area (Å²) in [6, 6.07) is 78.8. The van der Waals surface area contributed by atoms with Crippen molar-refractivity contribution in [3.05, 3.63) is 300 Å². The van der Waals surface area contributed by atoms with Crippen LogP contribution in [0.2, 0.25) is 0 Å². The molecule has 0 aliphatic carbocycles. The molecule has 4 aliphatic heterocycles. The van der Waals surface area contributed by atoms with Gasteiger partial charge in [0, 0.05) is 10.8 Å². The molecule has 1 N–H and O–H groups in total. The van der Waals surface area contributed by atoms with E-state index in [-0.39, 0.29) is 70.8 Å². The first-order valence-corrected chi connectivity index (χ1v) is 37.2. The number of esters is 2. The number of fused-ring (bicyclic) bond motifs is 2. The molecule has 10 aromatic rings. The zero-order valence-electron chi connectivity index (χ0n) is 59.6. The molecule has 0 spiro atoms. The smallest absolute Gasteiger partial charge is 0.357 e. The Bertz CT molecular complexity index is 4590. The second-order valence-electron chi connectivity index (χ2n) is 27.1. The third-order valence-corrected chi connectivity index (χ3v) is 19.4. The Morgan fingerprint density at radius 3 is 1.33 bits per heavy atom. The number of hydrogen-bond donors (Lipinski definition) is 1. The first kappa shape index (κ1) is 77.1. The molecule has 0 bridgehead atoms. The van der Waals surface area contributed by atoms with Crippen molar-refractivity contribution in [2.45, 2.75) is 155 Å². The minimum atomic E-state index is -2.45. The normalized spacial score (nSPS) is 24.4. The van der Waals surface area contributed by atoms with E-state index in [1.807, 2.05) is 231 Å². The fourth-order valence-corrected chi connectivity index (χ4v) is 13.6. The highest BCUT2D eigenvalue weighted by Gasteiger charge is 2.62. The Hall–Kier alpha value is -8.66. The number of hydrogen-bond acceptors (Lipinski definition) is 21. The molecule has 15 atom stereocenters. The highest BCUT2D eigenvalue weighted by atomic mass is 35.6. The molecule has 1 unspecified atom stereocenters. The van der Waals surface area contributed by atoms with Gasteiger partial charge in [0.25, 0.3) is 3.79 Å². The summed E-state index contributed by atoms with van der Waals surface area (Å²) < 4.78 is 108. The molecule has 2 aromatic heterocycles. The summed E-state index contributed by atoms with van der Waals surface area (Å²) in [6.07, 6.45) is -19.5. The van der Waals surface area contributed by atoms with Crippen LogP contribution in [-0.2, 0) is 115 Å². The van der Waals surface area contributed by atoms with Gasteiger partial charge >= 0.3 is 11.9 Å². The summed E-state index contributed by atoms with van der Waals surface area (Å²) in [5, 5.41) is 10.9. The number of pyridine rings is 2. The van der Waals surface area contributed by atoms with Gasteiger partial charge < -0.3 is 75.8 Å². The van der Waals surface area contributed by atoms with Crippen molar-refractivity contribution in [1.29, 1.82) is 5.41 Å². The molecule has 4 saturated heterocycles. The van der Waals surface area contributed by atoms with Crippen molar-refractivity contribution in [2.75, 3.05) is 19.8 Å². The minimum Gasteiger partial charge on any atom is -0.458 e. The van der Waals surface area contributed by atoms with Crippen LogP contribution in [0, 0.1) is 5.41 Å². The average Bonchev–Trinajstić information content (AvgIpc) is 1.60. The monoisotopic (exact) mass is 1540 g/mol. The Morgan fingerprint density at radius 1 is 0.459 bits per heavy atom. The predicted octanol–water partition coefficient (Wildman–Crippen LogP) is 14.8. The van der Waals surface area contributed by atoms with Crippen molar-refractivity contribution in [3.63, 3.8) is 0 Å². The third-order valence-electron chi connectivity index (χ3n) is 18.9. The second kappa shape index (κ2) is 36.5. The molecule has 14 rings (SSSR count). The second-order valence-corrected chi connectivity index (χ2v) is 29.4. The molecule has 566 valence electrons. The summed E-state index contributed by atoms with van der Waals surface area (Å²) in [7, 11) is 0. The molecule has 24 heteroatoms. The number of nitrogens with zero attached hydrogens (tertiary/aromatic N) is 2. The summed E-state index contributed by atoms with van der Waals surface area (Å²) in [4.78, 5) is 38.7. The first-order chi connectivity index (χ1) is 53.1. The largest absolute Gasteiger partial charge is 0.458 e. The van der Waals surface area contributed by atoms with E-state index in [1.54, 1.807) is 38.1 Å². The van der Waals surface area contributed by atoms with E-state index in [4.69, 9.17) is 116 Å². The van der Waals surface area contributed by atoms with Crippen LogP contribution in [0.4, 0.5) is 0 Å². The Labute approximate surface area is 646 Å². The molecule has 4 fully saturated rings. The number of carbonyl (C=O) groups excluding carboxylic acids is 2. The molecule has 0 saturated carbocycles. The maximum atomic E-state index is 14.9. The highest BCUT2D eigenvalue weighted by molar-refractivity contribution is 6.76. The number of alkyl halides is 3. The summed E-state index contributed by atoms with van der Waals surface area (Å²) in [5.74, 6) is -3.52. The van der Waals surface area contributed by atoms with Gasteiger partial charge in [0.05, 0.1) is 63.9 Å². The summed E-state index contributed by atoms with van der Waals surface area (Å²) >= 11 is 19.6. The maximum Gasteiger partial charge on any atom is 0.357 e. The predicted molar refractivity (Wildman–Crippen MR) is 404 cm³/mol. The Balaban J connectivity index is 0.875. The van der Waals surface area contributed by atoms with Gasteiger partial charge in [0.15, 0.2) is 30.6 Å². The van der Waals surface area contributed by atoms with Gasteiger partial charge in [0.1, 0.15) is 79.0 Å². The number of nitrogens with one attached hydrogen (secondary N) is 1. The number of rotatable bonds is 32. The van der Waals surface area contributed by atoms with Gasteiger partial charge in [-0.15, -0.1) is 0 Å². The van der Waals surface area contributed by atoms with Crippen LogP contribution in [0.5, 0.6) is 0 Å². The lowest BCUT2D eigenvalue weighted by Gasteiger charge is -2.33. The van der Waals surface area contributed by atoms with Gasteiger partial charge in [-0.05, 0) is 71.5 Å². The molecule has 21 nitrogen and oxygen atoms in total. The number of aromatic nitrogens is 2. The van der Waals surface area contributed by atoms with Gasteiger partial charge in [-0.25, -0.2) is 19.6 Å². The van der Waals surface area contributed by atoms with Crippen LogP contribution in [0.15, 0.2) is 255 Å². The van der Waals surface area contributed by atoms with Crippen molar-refractivity contribution < 1.29 is 85.4 Å². The van der Waals surface area contributed by atoms with Crippen LogP contribution < -0.4 is 0 Å². The Morgan fingerprint density at radius 2 is 0.872 bits per heavy atom.